The van der Waals surface area contributed by atoms with Gasteiger partial charge in [0.2, 0.25) is 5.88 Å². The predicted octanol–water partition coefficient (Wildman–Crippen LogP) is 5.12. The Hall–Kier alpha value is -3.08. The van der Waals surface area contributed by atoms with Crippen LogP contribution in [0.5, 0.6) is 11.6 Å². The van der Waals surface area contributed by atoms with Crippen molar-refractivity contribution in [2.75, 3.05) is 13.2 Å². The van der Waals surface area contributed by atoms with Crippen molar-refractivity contribution in [1.82, 2.24) is 4.98 Å². The number of aryl methyl sites for hydroxylation is 1. The van der Waals surface area contributed by atoms with E-state index in [0.29, 0.717) is 31.3 Å². The van der Waals surface area contributed by atoms with E-state index in [2.05, 4.69) is 11.9 Å². The molecule has 146 valence electrons. The molecule has 1 heterocycles. The number of unbranched alkanes of at least 4 members (excludes halogenated alkanes) is 1. The fraction of sp³-hybridized carbons (Fsp3) is 0.304. The van der Waals surface area contributed by atoms with E-state index >= 15 is 0 Å². The van der Waals surface area contributed by atoms with Gasteiger partial charge in [0.05, 0.1) is 13.2 Å². The second-order valence-corrected chi connectivity index (χ2v) is 6.59. The van der Waals surface area contributed by atoms with E-state index in [4.69, 9.17) is 9.47 Å². The minimum Gasteiger partial charge on any atom is -0.492 e. The average Bonchev–Trinajstić information content (AvgIpc) is 2.72. The molecule has 0 bridgehead atoms. The summed E-state index contributed by atoms with van der Waals surface area (Å²) < 4.78 is 11.7. The van der Waals surface area contributed by atoms with Crippen molar-refractivity contribution in [3.63, 3.8) is 0 Å². The van der Waals surface area contributed by atoms with Crippen molar-refractivity contribution < 1.29 is 19.4 Å². The smallest absolute Gasteiger partial charge is 0.339 e. The van der Waals surface area contributed by atoms with Crippen LogP contribution in [0.4, 0.5) is 0 Å². The van der Waals surface area contributed by atoms with Crippen LogP contribution in [0.2, 0.25) is 0 Å². The fourth-order valence-electron chi connectivity index (χ4n) is 3.08. The molecule has 3 rings (SSSR count). The van der Waals surface area contributed by atoms with E-state index in [0.717, 1.165) is 35.6 Å². The van der Waals surface area contributed by atoms with E-state index in [9.17, 15) is 9.90 Å². The number of carboxylic acids is 1. The number of fused-ring (bicyclic) bond motifs is 1. The van der Waals surface area contributed by atoms with Gasteiger partial charge in [0.1, 0.15) is 11.3 Å². The standard InChI is InChI=1S/C23H25NO4/c1-2-3-8-18-10-6-14-24-22(18)28-16-7-15-27-21-19-11-5-4-9-17(19)12-13-20(21)23(25)26/h4-6,9-14H,2-3,7-8,15-16H2,1H3,(H,25,26). The normalized spacial score (nSPS) is 10.8. The molecular weight excluding hydrogens is 354 g/mol. The highest BCUT2D eigenvalue weighted by atomic mass is 16.5. The number of aromatic carboxylic acids is 1. The Kier molecular flexibility index (Phi) is 6.84. The zero-order valence-corrected chi connectivity index (χ0v) is 16.1. The number of hydrogen-bond donors (Lipinski definition) is 1. The molecular formula is C23H25NO4. The minimum atomic E-state index is -0.994. The number of carboxylic acid groups (broad SMARTS) is 1. The molecule has 5 nitrogen and oxygen atoms in total. The van der Waals surface area contributed by atoms with Crippen LogP contribution in [0.25, 0.3) is 10.8 Å². The van der Waals surface area contributed by atoms with Gasteiger partial charge in [0.15, 0.2) is 0 Å². The molecule has 0 radical (unpaired) electrons. The highest BCUT2D eigenvalue weighted by molar-refractivity contribution is 6.00. The largest absolute Gasteiger partial charge is 0.492 e. The molecule has 0 amide bonds. The Bertz CT molecular complexity index is 939. The molecule has 3 aromatic rings. The lowest BCUT2D eigenvalue weighted by molar-refractivity contribution is 0.0692. The third-order valence-electron chi connectivity index (χ3n) is 4.53. The Morgan fingerprint density at radius 2 is 1.82 bits per heavy atom. The van der Waals surface area contributed by atoms with E-state index in [1.165, 1.54) is 0 Å². The summed E-state index contributed by atoms with van der Waals surface area (Å²) in [5.74, 6) is 0.0884. The van der Waals surface area contributed by atoms with Gasteiger partial charge in [-0.25, -0.2) is 9.78 Å². The monoisotopic (exact) mass is 379 g/mol. The first-order valence-electron chi connectivity index (χ1n) is 9.65. The number of benzene rings is 2. The summed E-state index contributed by atoms with van der Waals surface area (Å²) in [6, 6.07) is 15.0. The highest BCUT2D eigenvalue weighted by Crippen LogP contribution is 2.30. The van der Waals surface area contributed by atoms with Gasteiger partial charge in [0.25, 0.3) is 0 Å². The molecule has 0 saturated heterocycles. The first-order valence-corrected chi connectivity index (χ1v) is 9.65. The third kappa shape index (κ3) is 4.80. The maximum atomic E-state index is 11.6. The van der Waals surface area contributed by atoms with Crippen LogP contribution in [-0.2, 0) is 6.42 Å². The molecule has 1 aromatic heterocycles. The van der Waals surface area contributed by atoms with Crippen molar-refractivity contribution in [1.29, 1.82) is 0 Å². The van der Waals surface area contributed by atoms with Gasteiger partial charge >= 0.3 is 5.97 Å². The second-order valence-electron chi connectivity index (χ2n) is 6.59. The Balaban J connectivity index is 1.60. The first-order chi connectivity index (χ1) is 13.7. The summed E-state index contributed by atoms with van der Waals surface area (Å²) in [7, 11) is 0. The van der Waals surface area contributed by atoms with Gasteiger partial charge in [-0.1, -0.05) is 49.7 Å². The molecule has 0 fully saturated rings. The zero-order valence-electron chi connectivity index (χ0n) is 16.1. The van der Waals surface area contributed by atoms with Crippen molar-refractivity contribution in [3.05, 3.63) is 65.9 Å². The Morgan fingerprint density at radius 1 is 1.00 bits per heavy atom. The summed E-state index contributed by atoms with van der Waals surface area (Å²) in [5.41, 5.74) is 1.29. The Morgan fingerprint density at radius 3 is 2.64 bits per heavy atom. The molecule has 0 spiro atoms. The van der Waals surface area contributed by atoms with Gasteiger partial charge in [-0.05, 0) is 30.4 Å². The van der Waals surface area contributed by atoms with Crippen molar-refractivity contribution in [2.45, 2.75) is 32.6 Å². The summed E-state index contributed by atoms with van der Waals surface area (Å²) in [6.07, 6.45) is 5.54. The quantitative estimate of drug-likeness (QED) is 0.495. The predicted molar refractivity (Wildman–Crippen MR) is 109 cm³/mol. The average molecular weight is 379 g/mol. The Labute approximate surface area is 164 Å². The van der Waals surface area contributed by atoms with E-state index in [1.54, 1.807) is 18.3 Å². The van der Waals surface area contributed by atoms with Crippen molar-refractivity contribution in [3.8, 4) is 11.6 Å². The van der Waals surface area contributed by atoms with Crippen molar-refractivity contribution in [2.24, 2.45) is 0 Å². The molecule has 5 heteroatoms. The third-order valence-corrected chi connectivity index (χ3v) is 4.53. The van der Waals surface area contributed by atoms with E-state index < -0.39 is 5.97 Å². The first kappa shape index (κ1) is 19.7. The molecule has 0 atom stereocenters. The topological polar surface area (TPSA) is 68.7 Å². The van der Waals surface area contributed by atoms with Crippen LogP contribution in [0.1, 0.15) is 42.1 Å². The molecule has 2 aromatic carbocycles. The number of pyridine rings is 1. The van der Waals surface area contributed by atoms with Gasteiger partial charge in [0, 0.05) is 23.6 Å². The lowest BCUT2D eigenvalue weighted by Crippen LogP contribution is -2.09. The maximum absolute atomic E-state index is 11.6. The summed E-state index contributed by atoms with van der Waals surface area (Å²) in [5, 5.41) is 11.2. The summed E-state index contributed by atoms with van der Waals surface area (Å²) in [4.78, 5) is 15.9. The van der Waals surface area contributed by atoms with Crippen LogP contribution in [-0.4, -0.2) is 29.3 Å². The molecule has 28 heavy (non-hydrogen) atoms. The molecule has 0 aliphatic carbocycles. The van der Waals surface area contributed by atoms with Gasteiger partial charge in [-0.2, -0.15) is 0 Å². The van der Waals surface area contributed by atoms with Crippen LogP contribution in [0.15, 0.2) is 54.7 Å². The van der Waals surface area contributed by atoms with Crippen LogP contribution in [0.3, 0.4) is 0 Å². The van der Waals surface area contributed by atoms with Gasteiger partial charge in [-0.3, -0.25) is 0 Å². The van der Waals surface area contributed by atoms with Crippen molar-refractivity contribution >= 4 is 16.7 Å². The fourth-order valence-corrected chi connectivity index (χ4v) is 3.08. The lowest BCUT2D eigenvalue weighted by atomic mass is 10.1. The molecule has 0 unspecified atom stereocenters. The molecule has 0 aliphatic heterocycles. The summed E-state index contributed by atoms with van der Waals surface area (Å²) >= 11 is 0. The van der Waals surface area contributed by atoms with Crippen LogP contribution >= 0.6 is 0 Å². The van der Waals surface area contributed by atoms with E-state index in [-0.39, 0.29) is 5.56 Å². The number of carbonyl (C=O) groups is 1. The number of rotatable bonds is 10. The van der Waals surface area contributed by atoms with E-state index in [1.807, 2.05) is 36.4 Å². The zero-order chi connectivity index (χ0) is 19.8. The molecule has 0 saturated carbocycles. The molecule has 0 aliphatic rings. The lowest BCUT2D eigenvalue weighted by Gasteiger charge is -2.13. The van der Waals surface area contributed by atoms with Crippen LogP contribution in [0, 0.1) is 0 Å². The SMILES string of the molecule is CCCCc1cccnc1OCCCOc1c(C(=O)O)ccc2ccccc12. The second kappa shape index (κ2) is 9.74. The highest BCUT2D eigenvalue weighted by Gasteiger charge is 2.14. The number of hydrogen-bond acceptors (Lipinski definition) is 4. The molecule has 1 N–H and O–H groups in total. The van der Waals surface area contributed by atoms with Gasteiger partial charge in [-0.15, -0.1) is 0 Å². The number of aromatic nitrogens is 1. The summed E-state index contributed by atoms with van der Waals surface area (Å²) in [6.45, 7) is 2.99. The van der Waals surface area contributed by atoms with Crippen LogP contribution < -0.4 is 9.47 Å². The number of ether oxygens (including phenoxy) is 2. The maximum Gasteiger partial charge on any atom is 0.339 e. The number of nitrogens with zero attached hydrogens (tertiary/aromatic N) is 1. The van der Waals surface area contributed by atoms with Gasteiger partial charge < -0.3 is 14.6 Å². The minimum absolute atomic E-state index is 0.172.